The van der Waals surface area contributed by atoms with Gasteiger partial charge in [-0.1, -0.05) is 0 Å². The lowest BCUT2D eigenvalue weighted by atomic mass is 10.5. The lowest BCUT2D eigenvalue weighted by Gasteiger charge is -1.98. The van der Waals surface area contributed by atoms with Gasteiger partial charge in [0, 0.05) is 6.66 Å². The van der Waals surface area contributed by atoms with Gasteiger partial charge in [0.05, 0.1) is 6.16 Å². The first-order valence-electron chi connectivity index (χ1n) is 2.20. The minimum Gasteiger partial charge on any atom is -0.344 e. The van der Waals surface area contributed by atoms with Gasteiger partial charge in [-0.3, -0.25) is 9.36 Å². The van der Waals surface area contributed by atoms with Gasteiger partial charge < -0.3 is 4.89 Å². The van der Waals surface area contributed by atoms with E-state index >= 15 is 0 Å². The van der Waals surface area contributed by atoms with E-state index in [1.54, 1.807) is 0 Å². The van der Waals surface area contributed by atoms with Crippen LogP contribution in [0.4, 0.5) is 0 Å². The lowest BCUT2D eigenvalue weighted by molar-refractivity contribution is -0.114. The number of Topliss-reactive ketones (excluding diaryl/α,β-unsaturated/α-hetero) is 1. The molecule has 0 heterocycles. The third-order valence-electron chi connectivity index (χ3n) is 0.516. The van der Waals surface area contributed by atoms with Crippen LogP contribution in [0, 0.1) is 0 Å². The zero-order valence-electron chi connectivity index (χ0n) is 4.92. The molecule has 0 fully saturated rings. The van der Waals surface area contributed by atoms with Crippen molar-refractivity contribution < 1.29 is 14.3 Å². The SMILES string of the molecule is CC(=O)CP(C)(=O)O. The molecule has 0 bridgehead atoms. The Morgan fingerprint density at radius 2 is 2.12 bits per heavy atom. The number of carbonyl (C=O) groups is 1. The van der Waals surface area contributed by atoms with Crippen LogP contribution in [0.25, 0.3) is 0 Å². The Morgan fingerprint density at radius 1 is 1.75 bits per heavy atom. The van der Waals surface area contributed by atoms with Crippen molar-refractivity contribution in [2.75, 3.05) is 12.8 Å². The number of carbonyl (C=O) groups excluding carboxylic acids is 1. The molecule has 0 saturated carbocycles. The molecule has 0 rings (SSSR count). The average molecular weight is 136 g/mol. The van der Waals surface area contributed by atoms with Gasteiger partial charge in [-0.2, -0.15) is 0 Å². The van der Waals surface area contributed by atoms with E-state index in [0.717, 1.165) is 0 Å². The molecule has 8 heavy (non-hydrogen) atoms. The van der Waals surface area contributed by atoms with Crippen molar-refractivity contribution in [3.05, 3.63) is 0 Å². The molecular weight excluding hydrogens is 127 g/mol. The molecule has 4 heteroatoms. The van der Waals surface area contributed by atoms with Gasteiger partial charge in [-0.15, -0.1) is 0 Å². The van der Waals surface area contributed by atoms with E-state index in [-0.39, 0.29) is 11.9 Å². The first kappa shape index (κ1) is 7.86. The maximum atomic E-state index is 10.4. The molecule has 0 amide bonds. The molecule has 48 valence electrons. The van der Waals surface area contributed by atoms with Crippen LogP contribution in [0.5, 0.6) is 0 Å². The molecule has 1 N–H and O–H groups in total. The Labute approximate surface area is 48.2 Å². The molecular formula is C4H9O3P. The summed E-state index contributed by atoms with van der Waals surface area (Å²) in [6, 6.07) is 0. The number of ketones is 1. The summed E-state index contributed by atoms with van der Waals surface area (Å²) in [5.41, 5.74) is 0. The van der Waals surface area contributed by atoms with Gasteiger partial charge in [0.25, 0.3) is 0 Å². The third-order valence-corrected chi connectivity index (χ3v) is 1.55. The zero-order chi connectivity index (χ0) is 6.78. The molecule has 0 aromatic rings. The Kier molecular flexibility index (Phi) is 2.38. The quantitative estimate of drug-likeness (QED) is 0.561. The maximum absolute atomic E-state index is 10.4. The lowest BCUT2D eigenvalue weighted by Crippen LogP contribution is -1.97. The predicted octanol–water partition coefficient (Wildman–Crippen LogP) is 0.476. The highest BCUT2D eigenvalue weighted by atomic mass is 31.2. The molecule has 0 spiro atoms. The molecule has 1 atom stereocenters. The fourth-order valence-electron chi connectivity index (χ4n) is 0.413. The Hall–Kier alpha value is -0.140. The normalized spacial score (nSPS) is 17.4. The van der Waals surface area contributed by atoms with E-state index in [1.807, 2.05) is 0 Å². The van der Waals surface area contributed by atoms with Crippen molar-refractivity contribution in [3.63, 3.8) is 0 Å². The topological polar surface area (TPSA) is 54.4 Å². The third kappa shape index (κ3) is 5.86. The minimum atomic E-state index is -3.07. The second kappa shape index (κ2) is 2.42. The van der Waals surface area contributed by atoms with Crippen LogP contribution in [-0.4, -0.2) is 23.5 Å². The van der Waals surface area contributed by atoms with Gasteiger partial charge >= 0.3 is 0 Å². The minimum absolute atomic E-state index is 0.201. The number of hydrogen-bond acceptors (Lipinski definition) is 2. The maximum Gasteiger partial charge on any atom is 0.204 e. The largest absolute Gasteiger partial charge is 0.344 e. The van der Waals surface area contributed by atoms with E-state index < -0.39 is 7.37 Å². The monoisotopic (exact) mass is 136 g/mol. The predicted molar refractivity (Wildman–Crippen MR) is 31.3 cm³/mol. The van der Waals surface area contributed by atoms with E-state index in [2.05, 4.69) is 0 Å². The summed E-state index contributed by atoms with van der Waals surface area (Å²) in [6.07, 6.45) is -0.201. The van der Waals surface area contributed by atoms with E-state index in [4.69, 9.17) is 4.89 Å². The fourth-order valence-corrected chi connectivity index (χ4v) is 1.24. The molecule has 0 aromatic heterocycles. The summed E-state index contributed by atoms with van der Waals surface area (Å²) < 4.78 is 10.4. The number of hydrogen-bond donors (Lipinski definition) is 1. The highest BCUT2D eigenvalue weighted by Crippen LogP contribution is 2.34. The molecule has 3 nitrogen and oxygen atoms in total. The first-order valence-corrected chi connectivity index (χ1v) is 4.50. The summed E-state index contributed by atoms with van der Waals surface area (Å²) in [5, 5.41) is 0. The molecule has 0 saturated heterocycles. The second-order valence-corrected chi connectivity index (χ2v) is 4.33. The van der Waals surface area contributed by atoms with E-state index in [1.165, 1.54) is 13.6 Å². The van der Waals surface area contributed by atoms with Crippen molar-refractivity contribution in [1.29, 1.82) is 0 Å². The highest BCUT2D eigenvalue weighted by molar-refractivity contribution is 7.58. The molecule has 0 aliphatic heterocycles. The molecule has 0 aromatic carbocycles. The van der Waals surface area contributed by atoms with Gasteiger partial charge in [0.15, 0.2) is 0 Å². The first-order chi connectivity index (χ1) is 3.42. The van der Waals surface area contributed by atoms with Crippen LogP contribution in [0.1, 0.15) is 6.92 Å². The molecule has 0 radical (unpaired) electrons. The van der Waals surface area contributed by atoms with Crippen LogP contribution in [0.2, 0.25) is 0 Å². The van der Waals surface area contributed by atoms with Crippen LogP contribution < -0.4 is 0 Å². The Morgan fingerprint density at radius 3 is 2.12 bits per heavy atom. The summed E-state index contributed by atoms with van der Waals surface area (Å²) in [5.74, 6) is -0.238. The van der Waals surface area contributed by atoms with Gasteiger partial charge in [0.2, 0.25) is 7.37 Å². The van der Waals surface area contributed by atoms with Gasteiger partial charge in [-0.25, -0.2) is 0 Å². The fraction of sp³-hybridized carbons (Fsp3) is 0.750. The summed E-state index contributed by atoms with van der Waals surface area (Å²) >= 11 is 0. The van der Waals surface area contributed by atoms with Crippen molar-refractivity contribution in [2.24, 2.45) is 0 Å². The average Bonchev–Trinajstić information content (AvgIpc) is 1.21. The summed E-state index contributed by atoms with van der Waals surface area (Å²) in [4.78, 5) is 18.6. The molecule has 0 aliphatic carbocycles. The second-order valence-electron chi connectivity index (χ2n) is 1.91. The van der Waals surface area contributed by atoms with Crippen molar-refractivity contribution >= 4 is 13.2 Å². The van der Waals surface area contributed by atoms with E-state index in [0.29, 0.717) is 0 Å². The van der Waals surface area contributed by atoms with Gasteiger partial charge in [-0.05, 0) is 6.92 Å². The summed E-state index contributed by atoms with van der Waals surface area (Å²) in [7, 11) is -3.07. The molecule has 1 unspecified atom stereocenters. The van der Waals surface area contributed by atoms with Crippen molar-refractivity contribution in [3.8, 4) is 0 Å². The zero-order valence-corrected chi connectivity index (χ0v) is 5.81. The van der Waals surface area contributed by atoms with Gasteiger partial charge in [0.1, 0.15) is 5.78 Å². The number of rotatable bonds is 2. The standard InChI is InChI=1S/C4H9O3P/c1-4(5)3-8(2,6)7/h3H2,1-2H3,(H,6,7). The van der Waals surface area contributed by atoms with Crippen molar-refractivity contribution in [2.45, 2.75) is 6.92 Å². The Bertz CT molecular complexity index is 134. The smallest absolute Gasteiger partial charge is 0.204 e. The van der Waals surface area contributed by atoms with E-state index in [9.17, 15) is 9.36 Å². The highest BCUT2D eigenvalue weighted by Gasteiger charge is 2.11. The summed E-state index contributed by atoms with van der Waals surface area (Å²) in [6.45, 7) is 2.47. The van der Waals surface area contributed by atoms with Crippen molar-refractivity contribution in [1.82, 2.24) is 0 Å². The van der Waals surface area contributed by atoms with Crippen LogP contribution in [0.3, 0.4) is 0 Å². The van der Waals surface area contributed by atoms with Crippen LogP contribution in [0.15, 0.2) is 0 Å². The molecule has 0 aliphatic rings. The van der Waals surface area contributed by atoms with Crippen LogP contribution in [-0.2, 0) is 9.36 Å². The van der Waals surface area contributed by atoms with Crippen LogP contribution >= 0.6 is 7.37 Å². The Balaban J connectivity index is 3.74.